The first kappa shape index (κ1) is 101. The number of rotatable bonds is 17. The highest BCUT2D eigenvalue weighted by atomic mass is 19.3. The molecule has 4 saturated heterocycles. The molecule has 7 aliphatic heterocycles. The maximum Gasteiger partial charge on any atom is 0.411 e. The number of piperidine rings is 4. The molecule has 139 heavy (non-hydrogen) atoms. The monoisotopic (exact) mass is 1950 g/mol. The van der Waals surface area contributed by atoms with Gasteiger partial charge in [-0.05, 0) is 243 Å². The largest absolute Gasteiger partial charge is 0.480 e. The molecule has 12 fully saturated rings. The first-order valence-corrected chi connectivity index (χ1v) is 45.7. The highest BCUT2D eigenvalue weighted by molar-refractivity contribution is 6.44. The third-order valence-corrected chi connectivity index (χ3v) is 28.1. The van der Waals surface area contributed by atoms with Crippen molar-refractivity contribution in [3.05, 3.63) is 109 Å². The lowest BCUT2D eigenvalue weighted by Gasteiger charge is -2.46. The van der Waals surface area contributed by atoms with Gasteiger partial charge in [-0.1, -0.05) is 0 Å². The number of hydrogen-bond acceptors (Lipinski definition) is 28. The maximum atomic E-state index is 13.8. The van der Waals surface area contributed by atoms with Gasteiger partial charge < -0.3 is 82.6 Å². The van der Waals surface area contributed by atoms with Gasteiger partial charge in [0.25, 0.3) is 35.1 Å². The van der Waals surface area contributed by atoms with Crippen molar-refractivity contribution < 1.29 is 157 Å². The molecule has 748 valence electrons. The summed E-state index contributed by atoms with van der Waals surface area (Å²) in [5, 5.41) is 41.5. The second kappa shape index (κ2) is 38.0. The first-order chi connectivity index (χ1) is 65.2. The second-order valence-corrected chi connectivity index (χ2v) is 39.8. The fourth-order valence-corrected chi connectivity index (χ4v) is 21.2. The summed E-state index contributed by atoms with van der Waals surface area (Å²) in [6.07, 6.45) is 9.78. The van der Waals surface area contributed by atoms with E-state index < -0.39 is 160 Å². The Morgan fingerprint density at radius 2 is 0.856 bits per heavy atom. The number of alkyl halides is 2. The number of amides is 6. The molecule has 6 amide bonds. The zero-order valence-corrected chi connectivity index (χ0v) is 79.2. The van der Waals surface area contributed by atoms with Crippen LogP contribution < -0.4 is 10.6 Å². The van der Waals surface area contributed by atoms with Gasteiger partial charge >= 0.3 is 71.8 Å². The number of benzene rings is 1. The number of halogens is 4. The summed E-state index contributed by atoms with van der Waals surface area (Å²) in [5.41, 5.74) is 2.07. The fraction of sp³-hybridized carbons (Fsp3) is 0.585. The molecule has 6 N–H and O–H groups in total. The molecule has 0 spiro atoms. The molecule has 0 bridgehead atoms. The van der Waals surface area contributed by atoms with E-state index in [1.807, 2.05) is 29.9 Å². The van der Waals surface area contributed by atoms with Gasteiger partial charge in [-0.3, -0.25) is 53.0 Å². The molecule has 1 aromatic carbocycles. The van der Waals surface area contributed by atoms with Crippen LogP contribution in [0.4, 0.5) is 32.8 Å². The van der Waals surface area contributed by atoms with Gasteiger partial charge in [-0.15, -0.1) is 0 Å². The lowest BCUT2D eigenvalue weighted by atomic mass is 9.71. The van der Waals surface area contributed by atoms with E-state index in [0.29, 0.717) is 101 Å². The number of anilines is 1. The van der Waals surface area contributed by atoms with E-state index in [1.165, 1.54) is 57.2 Å². The van der Waals surface area contributed by atoms with E-state index >= 15 is 0 Å². The first-order valence-electron chi connectivity index (χ1n) is 45.7. The summed E-state index contributed by atoms with van der Waals surface area (Å²) >= 11 is 0. The minimum absolute atomic E-state index is 0.00863. The third kappa shape index (κ3) is 20.1. The average molecular weight is 1950 g/mol. The van der Waals surface area contributed by atoms with E-state index in [0.717, 1.165) is 87.6 Å². The van der Waals surface area contributed by atoms with Crippen LogP contribution in [0.1, 0.15) is 266 Å². The molecule has 45 heteroatoms. The SMILES string of the molecule is CC(=O)[C@@H]1C[C@H]2C[C@H]2N1C(=O)OC(C)(C)C.CC(C)(C)OC(=O)N1[C@@H]2C[C@@H]2C[C@H]1C(=O)O.CCOC(=O)C(=O)c1c(C)c(C(=O)OC)n2c1C[C@H]1C[C@H]12.COC(=O)C(=O)N1[C@@H]2C[C@@H]2C[C@H]1C(=O)O.COC(=O)C(=O)N1[C@@H]2C[C@@H]2C[C@H]1C(C)=O.COC(=O)c1c(C)c(C(=O)C(=O)O)c2n1[C@@H]1C[C@@H]1C2.Cc1c(C(=O)Nc2ccc(F)c(F)c2)c2n(c1C(=O)C(=O)NC1(c3cn[nH]n3)CC(F)(F)C1)[C@@H]1C[C@@H]1C2. The number of likely N-dealkylation sites (tertiary alicyclic amines) is 4. The standard InChI is InChI=1S/C24H20F4N6O3.C15H17NO5.C13H13NO5.C12H19NO3.C11H17NO4.C10H13NO4.C9H11NO5/c1-10-18(21(36)30-12-2-3-13(25)14(26)6-12)16-5-11-4-15(11)34(16)19(10)20(35)22(37)31-23(8-24(27,28)9-23)17-7-29-33-32-17;1-4-21-15(19)13(17)11-7(2)12(14(18)20-3)16-9-5-8(9)6-10(11)16;1-5-9(11(15)12(16)17)8-4-6-3-7(6)14(8)10(5)13(18)19-2;1-7(14)9-5-8-6-10(8)13(9)11(15)16-12(2,3)4;1-11(2,3)16-10(15)12-7-4-6(7)5-8(12)9(13)14;1-5(12)7-3-6-4-8(6)11(7)9(13)10(14)15-2;1-15-9(14)7(11)10-5-2-4(5)3-6(10)8(12)13/h2-3,6-7,11,15H,4-5,8-9H2,1H3,(H,30,36)(H,31,37)(H,29,32,33);8-9H,4-6H2,1-3H3;6-7H,3-4H2,1-2H3,(H,16,17);8-10H,5-6H2,1-4H3;6-8H,4-5H2,1-3H3,(H,13,14);6-8H,3-4H2,1-2H3;4-6H,2-3H2,1H3,(H,12,13)/t11-,15-;8-,9-;6-,7-;8-,9-,10+;2*6-,7-,8+;4-,5-,6+/m1110101/s1. The quantitative estimate of drug-likeness (QED) is 0.0169. The zero-order chi connectivity index (χ0) is 102. The van der Waals surface area contributed by atoms with Crippen LogP contribution in [0, 0.1) is 73.8 Å². The van der Waals surface area contributed by atoms with Crippen LogP contribution in [0.3, 0.4) is 0 Å². The van der Waals surface area contributed by atoms with Crippen LogP contribution in [0.25, 0.3) is 0 Å². The number of esters is 5. The lowest BCUT2D eigenvalue weighted by molar-refractivity contribution is -0.162. The molecule has 8 aliphatic carbocycles. The van der Waals surface area contributed by atoms with Crippen LogP contribution in [0.5, 0.6) is 0 Å². The number of ether oxygens (including phenoxy) is 7. The lowest BCUT2D eigenvalue weighted by Crippen LogP contribution is -2.61. The van der Waals surface area contributed by atoms with Gasteiger partial charge in [0.2, 0.25) is 0 Å². The Morgan fingerprint density at radius 1 is 0.475 bits per heavy atom. The summed E-state index contributed by atoms with van der Waals surface area (Å²) < 4.78 is 93.5. The second-order valence-electron chi connectivity index (χ2n) is 39.8. The Bertz CT molecular complexity index is 5860. The van der Waals surface area contributed by atoms with Gasteiger partial charge in [0.05, 0.1) is 81.2 Å². The topological polar surface area (TPSA) is 543 Å². The van der Waals surface area contributed by atoms with Crippen LogP contribution >= 0.6 is 0 Å². The number of H-pyrrole nitrogens is 1. The predicted octanol–water partition coefficient (Wildman–Crippen LogP) is 8.01. The molecular weight excluding hydrogens is 1840 g/mol. The highest BCUT2D eigenvalue weighted by Crippen LogP contribution is 2.59. The van der Waals surface area contributed by atoms with E-state index in [2.05, 4.69) is 35.5 Å². The Kier molecular flexibility index (Phi) is 27.7. The number of Topliss-reactive ketones (excluding diaryl/α,β-unsaturated/α-hetero) is 5. The Balaban J connectivity index is 0.000000133. The highest BCUT2D eigenvalue weighted by Gasteiger charge is 2.64. The number of carboxylic acid groups (broad SMARTS) is 3. The molecule has 15 aliphatic rings. The smallest absolute Gasteiger partial charge is 0.411 e. The van der Waals surface area contributed by atoms with Gasteiger partial charge in [-0.2, -0.15) is 15.4 Å². The Morgan fingerprint density at radius 3 is 1.24 bits per heavy atom. The normalized spacial score (nSPS) is 26.5. The van der Waals surface area contributed by atoms with Crippen molar-refractivity contribution in [2.45, 2.75) is 275 Å². The number of hydrogen-bond donors (Lipinski definition) is 6. The van der Waals surface area contributed by atoms with E-state index in [4.69, 9.17) is 39.0 Å². The summed E-state index contributed by atoms with van der Waals surface area (Å²) in [7, 11) is 4.87. The molecule has 20 rings (SSSR count). The maximum absolute atomic E-state index is 13.8. The summed E-state index contributed by atoms with van der Waals surface area (Å²) in [6.45, 7) is 20.5. The molecule has 41 nitrogen and oxygen atoms in total. The fourth-order valence-electron chi connectivity index (χ4n) is 21.2. The molecule has 11 heterocycles. The number of fused-ring (bicyclic) bond motifs is 13. The number of ketones is 5. The molecule has 0 radical (unpaired) electrons. The molecular formula is C94H110F4N12O29. The number of nitrogens with zero attached hydrogens (tertiary/aromatic N) is 9. The molecule has 18 atom stereocenters. The van der Waals surface area contributed by atoms with Crippen molar-refractivity contribution in [3.63, 3.8) is 0 Å². The minimum atomic E-state index is -3.03. The molecule has 8 saturated carbocycles. The number of nitrogens with one attached hydrogen (secondary N) is 3. The Hall–Kier alpha value is -13.6. The summed E-state index contributed by atoms with van der Waals surface area (Å²) in [6, 6.07) is 1.49. The molecule has 4 aromatic heterocycles. The number of aromatic amines is 1. The number of aromatic nitrogens is 6. The van der Waals surface area contributed by atoms with E-state index in [1.54, 1.807) is 57.9 Å². The van der Waals surface area contributed by atoms with E-state index in [-0.39, 0.29) is 118 Å². The summed E-state index contributed by atoms with van der Waals surface area (Å²) in [5.74, 6) is -15.6. The number of carbonyl (C=O) groups excluding carboxylic acids is 16. The number of methoxy groups -OCH3 is 4. The van der Waals surface area contributed by atoms with Crippen LogP contribution in [0.2, 0.25) is 0 Å². The van der Waals surface area contributed by atoms with Crippen LogP contribution in [0.15, 0.2) is 24.4 Å². The van der Waals surface area contributed by atoms with Crippen molar-refractivity contribution in [2.75, 3.05) is 40.4 Å². The van der Waals surface area contributed by atoms with Gasteiger partial charge in [0.1, 0.15) is 40.4 Å². The van der Waals surface area contributed by atoms with Crippen LogP contribution in [-0.2, 0) is 111 Å². The van der Waals surface area contributed by atoms with E-state index in [9.17, 15) is 109 Å². The van der Waals surface area contributed by atoms with Crippen molar-refractivity contribution >= 4 is 118 Å². The average Bonchev–Trinajstić information content (AvgIpc) is 1.54. The van der Waals surface area contributed by atoms with Gasteiger partial charge in [-0.25, -0.2) is 65.5 Å². The van der Waals surface area contributed by atoms with Crippen molar-refractivity contribution in [1.29, 1.82) is 0 Å². The minimum Gasteiger partial charge on any atom is -0.480 e. The zero-order valence-electron chi connectivity index (χ0n) is 79.2. The number of carboxylic acids is 3. The van der Waals surface area contributed by atoms with Gasteiger partial charge in [0.15, 0.2) is 23.2 Å². The van der Waals surface area contributed by atoms with Crippen molar-refractivity contribution in [3.8, 4) is 0 Å². The predicted molar refractivity (Wildman–Crippen MR) is 466 cm³/mol. The molecule has 0 unspecified atom stereocenters. The van der Waals surface area contributed by atoms with Crippen molar-refractivity contribution in [2.24, 2.45) is 41.4 Å². The van der Waals surface area contributed by atoms with Crippen molar-refractivity contribution in [1.82, 2.24) is 54.0 Å². The number of aliphatic carboxylic acids is 3. The third-order valence-electron chi connectivity index (χ3n) is 28.1. The Labute approximate surface area is 792 Å². The number of carbonyl (C=O) groups is 19. The molecule has 5 aromatic rings. The van der Waals surface area contributed by atoms with Gasteiger partial charge in [0, 0.05) is 84.0 Å². The van der Waals surface area contributed by atoms with Crippen LogP contribution in [-0.4, -0.2) is 277 Å². The summed E-state index contributed by atoms with van der Waals surface area (Å²) in [4.78, 5) is 230.